The molecule has 1 aliphatic rings. The number of ether oxygens (including phenoxy) is 2. The number of methoxy groups -OCH3 is 1. The van der Waals surface area contributed by atoms with Gasteiger partial charge >= 0.3 is 0 Å². The number of carbonyl (C=O) groups is 3. The number of amides is 3. The molecule has 162 valence electrons. The molecule has 3 aromatic rings. The molecule has 0 atom stereocenters. The molecular weight excluding hydrogens is 408 g/mol. The van der Waals surface area contributed by atoms with Gasteiger partial charge in [-0.3, -0.25) is 19.3 Å². The third kappa shape index (κ3) is 4.46. The number of fused-ring (bicyclic) bond motifs is 1. The van der Waals surface area contributed by atoms with Gasteiger partial charge in [-0.2, -0.15) is 0 Å². The standard InChI is InChI=1S/C25H22N2O5/c1-31-21-9-4-5-10-22(21)32-18-14-12-17(13-15-18)26-23(28)11-6-16-27-24(29)19-7-2-3-8-20(19)25(27)30/h2-5,7-10,12-15H,6,11,16H2,1H3,(H,26,28). The van der Waals surface area contributed by atoms with Crippen LogP contribution in [0.15, 0.2) is 72.8 Å². The lowest BCUT2D eigenvalue weighted by Gasteiger charge is -2.13. The topological polar surface area (TPSA) is 84.9 Å². The van der Waals surface area contributed by atoms with Gasteiger partial charge in [0.05, 0.1) is 18.2 Å². The van der Waals surface area contributed by atoms with E-state index in [2.05, 4.69) is 5.32 Å². The zero-order valence-corrected chi connectivity index (χ0v) is 17.5. The second kappa shape index (κ2) is 9.34. The Morgan fingerprint density at radius 3 is 2.06 bits per heavy atom. The van der Waals surface area contributed by atoms with Crippen LogP contribution in [0.5, 0.6) is 17.2 Å². The largest absolute Gasteiger partial charge is 0.493 e. The summed E-state index contributed by atoms with van der Waals surface area (Å²) in [5, 5.41) is 2.81. The summed E-state index contributed by atoms with van der Waals surface area (Å²) in [7, 11) is 1.58. The third-order valence-corrected chi connectivity index (χ3v) is 5.10. The van der Waals surface area contributed by atoms with Crippen LogP contribution in [0.4, 0.5) is 5.69 Å². The third-order valence-electron chi connectivity index (χ3n) is 5.10. The Labute approximate surface area is 185 Å². The molecule has 3 aromatic carbocycles. The van der Waals surface area contributed by atoms with Crippen molar-refractivity contribution in [3.05, 3.63) is 83.9 Å². The summed E-state index contributed by atoms with van der Waals surface area (Å²) in [5.41, 5.74) is 1.46. The Hall–Kier alpha value is -4.13. The van der Waals surface area contributed by atoms with Crippen LogP contribution in [0, 0.1) is 0 Å². The van der Waals surface area contributed by atoms with Crippen LogP contribution in [0.3, 0.4) is 0 Å². The molecule has 0 bridgehead atoms. The summed E-state index contributed by atoms with van der Waals surface area (Å²) >= 11 is 0. The Kier molecular flexibility index (Phi) is 6.17. The van der Waals surface area contributed by atoms with Crippen LogP contribution in [0.1, 0.15) is 33.6 Å². The molecule has 4 rings (SSSR count). The van der Waals surface area contributed by atoms with Gasteiger partial charge in [0, 0.05) is 18.7 Å². The van der Waals surface area contributed by atoms with Crippen molar-refractivity contribution >= 4 is 23.4 Å². The zero-order chi connectivity index (χ0) is 22.5. The summed E-state index contributed by atoms with van der Waals surface area (Å²) in [6, 6.07) is 21.1. The summed E-state index contributed by atoms with van der Waals surface area (Å²) in [6.45, 7) is 0.200. The van der Waals surface area contributed by atoms with Crippen molar-refractivity contribution in [2.45, 2.75) is 12.8 Å². The molecule has 0 spiro atoms. The molecule has 7 nitrogen and oxygen atoms in total. The maximum Gasteiger partial charge on any atom is 0.261 e. The van der Waals surface area contributed by atoms with E-state index in [9.17, 15) is 14.4 Å². The molecule has 0 aromatic heterocycles. The second-order valence-corrected chi connectivity index (χ2v) is 7.24. The van der Waals surface area contributed by atoms with Gasteiger partial charge in [-0.05, 0) is 55.0 Å². The maximum absolute atomic E-state index is 12.4. The number of carbonyl (C=O) groups excluding carboxylic acids is 3. The predicted molar refractivity (Wildman–Crippen MR) is 119 cm³/mol. The number of hydrogen-bond donors (Lipinski definition) is 1. The molecule has 1 N–H and O–H groups in total. The molecule has 1 heterocycles. The van der Waals surface area contributed by atoms with Gasteiger partial charge in [0.15, 0.2) is 11.5 Å². The SMILES string of the molecule is COc1ccccc1Oc1ccc(NC(=O)CCCN2C(=O)c3ccccc3C2=O)cc1. The molecule has 0 saturated heterocycles. The first kappa shape index (κ1) is 21.1. The van der Waals surface area contributed by atoms with Gasteiger partial charge in [-0.25, -0.2) is 0 Å². The summed E-state index contributed by atoms with van der Waals surface area (Å²) in [4.78, 5) is 38.2. The minimum Gasteiger partial charge on any atom is -0.493 e. The van der Waals surface area contributed by atoms with Crippen LogP contribution in [-0.4, -0.2) is 36.3 Å². The lowest BCUT2D eigenvalue weighted by atomic mass is 10.1. The van der Waals surface area contributed by atoms with Crippen molar-refractivity contribution < 1.29 is 23.9 Å². The van der Waals surface area contributed by atoms with Crippen molar-refractivity contribution in [3.63, 3.8) is 0 Å². The first-order chi connectivity index (χ1) is 15.6. The first-order valence-corrected chi connectivity index (χ1v) is 10.2. The summed E-state index contributed by atoms with van der Waals surface area (Å²) < 4.78 is 11.1. The highest BCUT2D eigenvalue weighted by atomic mass is 16.5. The van der Waals surface area contributed by atoms with E-state index in [1.165, 1.54) is 4.90 Å². The van der Waals surface area contributed by atoms with Crippen molar-refractivity contribution in [1.29, 1.82) is 0 Å². The van der Waals surface area contributed by atoms with Crippen LogP contribution in [0.25, 0.3) is 0 Å². The molecule has 3 amide bonds. The number of imide groups is 1. The van der Waals surface area contributed by atoms with Gasteiger partial charge in [-0.1, -0.05) is 24.3 Å². The second-order valence-electron chi connectivity index (χ2n) is 7.24. The average molecular weight is 430 g/mol. The van der Waals surface area contributed by atoms with Gasteiger partial charge in [0.2, 0.25) is 5.91 Å². The lowest BCUT2D eigenvalue weighted by molar-refractivity contribution is -0.116. The highest BCUT2D eigenvalue weighted by Gasteiger charge is 2.34. The maximum atomic E-state index is 12.4. The molecule has 0 saturated carbocycles. The number of rotatable bonds is 8. The number of benzene rings is 3. The quantitative estimate of drug-likeness (QED) is 0.532. The van der Waals surface area contributed by atoms with E-state index in [0.29, 0.717) is 40.5 Å². The molecule has 1 aliphatic heterocycles. The number of hydrogen-bond acceptors (Lipinski definition) is 5. The van der Waals surface area contributed by atoms with E-state index in [0.717, 1.165) is 0 Å². The average Bonchev–Trinajstić information content (AvgIpc) is 3.06. The van der Waals surface area contributed by atoms with Crippen LogP contribution in [0.2, 0.25) is 0 Å². The van der Waals surface area contributed by atoms with Crippen molar-refractivity contribution in [2.24, 2.45) is 0 Å². The lowest BCUT2D eigenvalue weighted by Crippen LogP contribution is -2.31. The molecule has 7 heteroatoms. The fourth-order valence-corrected chi connectivity index (χ4v) is 3.50. The zero-order valence-electron chi connectivity index (χ0n) is 17.5. The van der Waals surface area contributed by atoms with Gasteiger partial charge in [0.25, 0.3) is 11.8 Å². The number of nitrogens with zero attached hydrogens (tertiary/aromatic N) is 1. The highest BCUT2D eigenvalue weighted by Crippen LogP contribution is 2.31. The van der Waals surface area contributed by atoms with Crippen molar-refractivity contribution in [2.75, 3.05) is 19.0 Å². The fraction of sp³-hybridized carbons (Fsp3) is 0.160. The monoisotopic (exact) mass is 430 g/mol. The van der Waals surface area contributed by atoms with E-state index in [4.69, 9.17) is 9.47 Å². The van der Waals surface area contributed by atoms with Crippen LogP contribution < -0.4 is 14.8 Å². The summed E-state index contributed by atoms with van der Waals surface area (Å²) in [6.07, 6.45) is 0.569. The Morgan fingerprint density at radius 2 is 1.44 bits per heavy atom. The van der Waals surface area contributed by atoms with Crippen molar-refractivity contribution in [3.8, 4) is 17.2 Å². The minimum absolute atomic E-state index is 0.187. The number of para-hydroxylation sites is 2. The van der Waals surface area contributed by atoms with E-state index >= 15 is 0 Å². The number of nitrogens with one attached hydrogen (secondary N) is 1. The smallest absolute Gasteiger partial charge is 0.261 e. The van der Waals surface area contributed by atoms with E-state index < -0.39 is 0 Å². The van der Waals surface area contributed by atoms with Crippen LogP contribution >= 0.6 is 0 Å². The van der Waals surface area contributed by atoms with Gasteiger partial charge in [0.1, 0.15) is 5.75 Å². The normalized spacial score (nSPS) is 12.5. The molecule has 0 fully saturated rings. The molecular formula is C25H22N2O5. The minimum atomic E-state index is -0.309. The molecule has 0 aliphatic carbocycles. The highest BCUT2D eigenvalue weighted by molar-refractivity contribution is 6.21. The van der Waals surface area contributed by atoms with Crippen molar-refractivity contribution in [1.82, 2.24) is 4.90 Å². The summed E-state index contributed by atoms with van der Waals surface area (Å²) in [5.74, 6) is 1.02. The predicted octanol–water partition coefficient (Wildman–Crippen LogP) is 4.50. The Balaban J connectivity index is 1.27. The van der Waals surface area contributed by atoms with E-state index in [1.807, 2.05) is 24.3 Å². The number of anilines is 1. The first-order valence-electron chi connectivity index (χ1n) is 10.2. The molecule has 0 unspecified atom stereocenters. The van der Waals surface area contributed by atoms with Crippen LogP contribution in [-0.2, 0) is 4.79 Å². The molecule has 32 heavy (non-hydrogen) atoms. The van der Waals surface area contributed by atoms with Gasteiger partial charge < -0.3 is 14.8 Å². The van der Waals surface area contributed by atoms with E-state index in [-0.39, 0.29) is 30.7 Å². The Bertz CT molecular complexity index is 1120. The Morgan fingerprint density at radius 1 is 0.844 bits per heavy atom. The fourth-order valence-electron chi connectivity index (χ4n) is 3.50. The molecule has 0 radical (unpaired) electrons. The van der Waals surface area contributed by atoms with Gasteiger partial charge in [-0.15, -0.1) is 0 Å². The van der Waals surface area contributed by atoms with E-state index in [1.54, 1.807) is 55.6 Å².